The molecule has 0 saturated heterocycles. The second kappa shape index (κ2) is 4.05. The molecule has 80 valence electrons. The maximum Gasteiger partial charge on any atom is 0.169 e. The maximum atomic E-state index is 12.1. The van der Waals surface area contributed by atoms with E-state index in [1.54, 1.807) is 7.11 Å². The molecule has 1 aromatic rings. The van der Waals surface area contributed by atoms with Gasteiger partial charge in [0.25, 0.3) is 0 Å². The number of methoxy groups -OCH3 is 1. The fraction of sp³-hybridized carbons (Fsp3) is 0.462. The van der Waals surface area contributed by atoms with Crippen LogP contribution in [0.4, 0.5) is 0 Å². The van der Waals surface area contributed by atoms with Crippen LogP contribution in [0.2, 0.25) is 0 Å². The molecule has 0 spiro atoms. The van der Waals surface area contributed by atoms with E-state index in [9.17, 15) is 4.79 Å². The van der Waals surface area contributed by atoms with Gasteiger partial charge in [-0.15, -0.1) is 0 Å². The van der Waals surface area contributed by atoms with Gasteiger partial charge in [-0.05, 0) is 30.9 Å². The van der Waals surface area contributed by atoms with Crippen molar-refractivity contribution in [3.8, 4) is 5.75 Å². The average molecular weight is 204 g/mol. The third-order valence-corrected chi connectivity index (χ3v) is 3.33. The minimum atomic E-state index is 0.210. The average Bonchev–Trinajstić information content (AvgIpc) is 2.26. The van der Waals surface area contributed by atoms with Gasteiger partial charge in [-0.1, -0.05) is 19.1 Å². The molecule has 2 atom stereocenters. The summed E-state index contributed by atoms with van der Waals surface area (Å²) < 4.78 is 5.20. The summed E-state index contributed by atoms with van der Waals surface area (Å²) in [4.78, 5) is 12.1. The zero-order valence-corrected chi connectivity index (χ0v) is 9.19. The fourth-order valence-corrected chi connectivity index (χ4v) is 2.10. The van der Waals surface area contributed by atoms with Crippen LogP contribution in [0.5, 0.6) is 5.75 Å². The first-order chi connectivity index (χ1) is 7.24. The highest BCUT2D eigenvalue weighted by Crippen LogP contribution is 2.37. The van der Waals surface area contributed by atoms with Gasteiger partial charge in [0, 0.05) is 5.92 Å². The Labute approximate surface area is 90.3 Å². The summed E-state index contributed by atoms with van der Waals surface area (Å²) >= 11 is 0. The van der Waals surface area contributed by atoms with E-state index in [0.717, 1.165) is 12.0 Å². The van der Waals surface area contributed by atoms with Crippen LogP contribution in [0.15, 0.2) is 24.3 Å². The highest BCUT2D eigenvalue weighted by Gasteiger charge is 2.34. The normalized spacial score (nSPS) is 24.4. The van der Waals surface area contributed by atoms with Crippen molar-refractivity contribution in [1.29, 1.82) is 0 Å². The summed E-state index contributed by atoms with van der Waals surface area (Å²) in [5.41, 5.74) is 0.733. The summed E-state index contributed by atoms with van der Waals surface area (Å²) in [6, 6.07) is 7.47. The zero-order chi connectivity index (χ0) is 10.8. The molecule has 1 aliphatic rings. The number of carbonyl (C=O) groups is 1. The van der Waals surface area contributed by atoms with Crippen LogP contribution in [0, 0.1) is 11.8 Å². The fourth-order valence-electron chi connectivity index (χ4n) is 2.10. The van der Waals surface area contributed by atoms with Gasteiger partial charge >= 0.3 is 0 Å². The molecule has 2 unspecified atom stereocenters. The predicted molar refractivity (Wildman–Crippen MR) is 59.2 cm³/mol. The summed E-state index contributed by atoms with van der Waals surface area (Å²) in [5, 5.41) is 0. The number of ether oxygens (including phenoxy) is 1. The first-order valence-corrected chi connectivity index (χ1v) is 5.41. The van der Waals surface area contributed by atoms with Gasteiger partial charge in [0.05, 0.1) is 12.7 Å². The molecule has 1 aromatic carbocycles. The predicted octanol–water partition coefficient (Wildman–Crippen LogP) is 2.92. The van der Waals surface area contributed by atoms with Gasteiger partial charge in [0.1, 0.15) is 5.75 Å². The number of benzene rings is 1. The van der Waals surface area contributed by atoms with Crippen LogP contribution in [-0.2, 0) is 0 Å². The minimum absolute atomic E-state index is 0.210. The van der Waals surface area contributed by atoms with Gasteiger partial charge < -0.3 is 4.74 Å². The van der Waals surface area contributed by atoms with Crippen molar-refractivity contribution in [2.45, 2.75) is 19.8 Å². The number of para-hydroxylation sites is 1. The van der Waals surface area contributed by atoms with E-state index >= 15 is 0 Å². The molecule has 0 aromatic heterocycles. The second-order valence-electron chi connectivity index (χ2n) is 4.23. The Kier molecular flexibility index (Phi) is 2.76. The molecular formula is C13H16O2. The van der Waals surface area contributed by atoms with Crippen molar-refractivity contribution in [2.24, 2.45) is 11.8 Å². The van der Waals surface area contributed by atoms with Crippen LogP contribution < -0.4 is 4.74 Å². The van der Waals surface area contributed by atoms with E-state index in [4.69, 9.17) is 4.74 Å². The monoisotopic (exact) mass is 204 g/mol. The Hall–Kier alpha value is -1.31. The highest BCUT2D eigenvalue weighted by molar-refractivity contribution is 6.00. The Morgan fingerprint density at radius 3 is 2.60 bits per heavy atom. The van der Waals surface area contributed by atoms with Gasteiger partial charge in [-0.3, -0.25) is 4.79 Å². The summed E-state index contributed by atoms with van der Waals surface area (Å²) in [6.45, 7) is 2.14. The lowest BCUT2D eigenvalue weighted by molar-refractivity contribution is 0.0760. The lowest BCUT2D eigenvalue weighted by Crippen LogP contribution is -2.31. The highest BCUT2D eigenvalue weighted by atomic mass is 16.5. The van der Waals surface area contributed by atoms with Crippen LogP contribution in [-0.4, -0.2) is 12.9 Å². The van der Waals surface area contributed by atoms with Crippen LogP contribution in [0.25, 0.3) is 0 Å². The van der Waals surface area contributed by atoms with Gasteiger partial charge in [-0.25, -0.2) is 0 Å². The Morgan fingerprint density at radius 1 is 1.33 bits per heavy atom. The Balaban J connectivity index is 2.25. The van der Waals surface area contributed by atoms with E-state index < -0.39 is 0 Å². The molecule has 0 radical (unpaired) electrons. The first kappa shape index (κ1) is 10.2. The Morgan fingerprint density at radius 2 is 2.07 bits per heavy atom. The number of Topliss-reactive ketones (excluding diaryl/α,β-unsaturated/α-hetero) is 1. The van der Waals surface area contributed by atoms with Crippen LogP contribution >= 0.6 is 0 Å². The molecule has 0 amide bonds. The number of ketones is 1. The molecule has 2 nitrogen and oxygen atoms in total. The number of hydrogen-bond acceptors (Lipinski definition) is 2. The van der Waals surface area contributed by atoms with E-state index in [0.29, 0.717) is 11.7 Å². The molecular weight excluding hydrogens is 188 g/mol. The van der Waals surface area contributed by atoms with E-state index in [2.05, 4.69) is 6.92 Å². The molecule has 1 aliphatic carbocycles. The number of rotatable bonds is 3. The number of carbonyl (C=O) groups excluding carboxylic acids is 1. The van der Waals surface area contributed by atoms with Crippen LogP contribution in [0.3, 0.4) is 0 Å². The van der Waals surface area contributed by atoms with Crippen molar-refractivity contribution >= 4 is 5.78 Å². The molecule has 0 heterocycles. The van der Waals surface area contributed by atoms with Crippen LogP contribution in [0.1, 0.15) is 30.1 Å². The molecule has 2 heteroatoms. The lowest BCUT2D eigenvalue weighted by Gasteiger charge is -2.32. The van der Waals surface area contributed by atoms with E-state index in [-0.39, 0.29) is 11.7 Å². The lowest BCUT2D eigenvalue weighted by atomic mass is 9.71. The molecule has 1 fully saturated rings. The molecule has 1 saturated carbocycles. The van der Waals surface area contributed by atoms with Gasteiger partial charge in [-0.2, -0.15) is 0 Å². The standard InChI is InChI=1S/C13H16O2/c1-9-7-8-10(9)13(14)11-5-3-4-6-12(11)15-2/h3-6,9-10H,7-8H2,1-2H3. The van der Waals surface area contributed by atoms with E-state index in [1.807, 2.05) is 24.3 Å². The topological polar surface area (TPSA) is 26.3 Å². The molecule has 2 rings (SSSR count). The Bertz CT molecular complexity index is 371. The minimum Gasteiger partial charge on any atom is -0.496 e. The second-order valence-corrected chi connectivity index (χ2v) is 4.23. The van der Waals surface area contributed by atoms with Crippen molar-refractivity contribution in [3.63, 3.8) is 0 Å². The molecule has 0 aliphatic heterocycles. The van der Waals surface area contributed by atoms with Crippen molar-refractivity contribution in [2.75, 3.05) is 7.11 Å². The maximum absolute atomic E-state index is 12.1. The van der Waals surface area contributed by atoms with Crippen molar-refractivity contribution in [1.82, 2.24) is 0 Å². The number of hydrogen-bond donors (Lipinski definition) is 0. The molecule has 0 bridgehead atoms. The summed E-state index contributed by atoms with van der Waals surface area (Å²) in [7, 11) is 1.61. The van der Waals surface area contributed by atoms with Crippen molar-refractivity contribution in [3.05, 3.63) is 29.8 Å². The quantitative estimate of drug-likeness (QED) is 0.707. The van der Waals surface area contributed by atoms with Gasteiger partial charge in [0.2, 0.25) is 0 Å². The smallest absolute Gasteiger partial charge is 0.169 e. The third-order valence-electron chi connectivity index (χ3n) is 3.33. The largest absolute Gasteiger partial charge is 0.496 e. The SMILES string of the molecule is COc1ccccc1C(=O)C1CCC1C. The summed E-state index contributed by atoms with van der Waals surface area (Å²) in [6.07, 6.45) is 2.20. The molecule has 15 heavy (non-hydrogen) atoms. The zero-order valence-electron chi connectivity index (χ0n) is 9.19. The van der Waals surface area contributed by atoms with E-state index in [1.165, 1.54) is 6.42 Å². The first-order valence-electron chi connectivity index (χ1n) is 5.41. The van der Waals surface area contributed by atoms with Gasteiger partial charge in [0.15, 0.2) is 5.78 Å². The summed E-state index contributed by atoms with van der Waals surface area (Å²) in [5.74, 6) is 1.68. The molecule has 0 N–H and O–H groups in total. The van der Waals surface area contributed by atoms with Crippen molar-refractivity contribution < 1.29 is 9.53 Å². The third kappa shape index (κ3) is 1.76.